The minimum absolute atomic E-state index is 0.0700. The second kappa shape index (κ2) is 3.24. The molecule has 3 N–H and O–H groups in total. The van der Waals surface area contributed by atoms with E-state index >= 15 is 0 Å². The van der Waals surface area contributed by atoms with Crippen LogP contribution in [0.5, 0.6) is 0 Å². The molecule has 0 unspecified atom stereocenters. The van der Waals surface area contributed by atoms with Crippen LogP contribution < -0.4 is 11.1 Å². The third kappa shape index (κ3) is 1.37. The number of nitrogens with one attached hydrogen (secondary N) is 1. The number of likely N-dealkylation sites (tertiary alicyclic amines) is 1. The molecule has 5 nitrogen and oxygen atoms in total. The van der Waals surface area contributed by atoms with E-state index in [1.165, 1.54) is 0 Å². The second-order valence-electron chi connectivity index (χ2n) is 4.15. The number of rotatable bonds is 2. The molecule has 0 saturated carbocycles. The molecule has 2 amide bonds. The van der Waals surface area contributed by atoms with Gasteiger partial charge in [0, 0.05) is 13.1 Å². The molecule has 0 aromatic heterocycles. The van der Waals surface area contributed by atoms with Crippen molar-refractivity contribution in [1.29, 1.82) is 0 Å². The molecule has 14 heavy (non-hydrogen) atoms. The Morgan fingerprint density at radius 3 is 2.93 bits per heavy atom. The van der Waals surface area contributed by atoms with Crippen molar-refractivity contribution in [2.45, 2.75) is 12.8 Å². The monoisotopic (exact) mass is 197 g/mol. The second-order valence-corrected chi connectivity index (χ2v) is 4.15. The Labute approximate surface area is 82.6 Å². The molecule has 2 heterocycles. The van der Waals surface area contributed by atoms with Gasteiger partial charge in [-0.3, -0.25) is 9.59 Å². The number of primary amides is 1. The molecular weight excluding hydrogens is 182 g/mol. The molecule has 0 aliphatic carbocycles. The van der Waals surface area contributed by atoms with Gasteiger partial charge >= 0.3 is 0 Å². The molecule has 78 valence electrons. The Bertz CT molecular complexity index is 271. The van der Waals surface area contributed by atoms with Gasteiger partial charge < -0.3 is 16.0 Å². The van der Waals surface area contributed by atoms with Gasteiger partial charge in [0.2, 0.25) is 11.8 Å². The molecule has 1 atom stereocenters. The smallest absolute Gasteiger partial charge is 0.237 e. The summed E-state index contributed by atoms with van der Waals surface area (Å²) in [4.78, 5) is 24.2. The van der Waals surface area contributed by atoms with Crippen LogP contribution >= 0.6 is 0 Å². The number of hydrogen-bond donors (Lipinski definition) is 2. The summed E-state index contributed by atoms with van der Waals surface area (Å²) in [6.07, 6.45) is 1.74. The lowest BCUT2D eigenvalue weighted by atomic mass is 9.86. The molecule has 2 aliphatic rings. The summed E-state index contributed by atoms with van der Waals surface area (Å²) in [5, 5.41) is 3.20. The fourth-order valence-electron chi connectivity index (χ4n) is 2.37. The Hall–Kier alpha value is -1.10. The molecule has 0 radical (unpaired) electrons. The third-order valence-electron chi connectivity index (χ3n) is 3.19. The van der Waals surface area contributed by atoms with Gasteiger partial charge in [0.25, 0.3) is 0 Å². The Morgan fingerprint density at radius 1 is 1.57 bits per heavy atom. The van der Waals surface area contributed by atoms with E-state index in [2.05, 4.69) is 5.32 Å². The van der Waals surface area contributed by atoms with Crippen molar-refractivity contribution in [2.24, 2.45) is 11.1 Å². The fourth-order valence-corrected chi connectivity index (χ4v) is 2.37. The fraction of sp³-hybridized carbons (Fsp3) is 0.778. The predicted octanol–water partition coefficient (Wildman–Crippen LogP) is -1.32. The largest absolute Gasteiger partial charge is 0.368 e. The number of amides is 2. The zero-order valence-electron chi connectivity index (χ0n) is 8.08. The van der Waals surface area contributed by atoms with E-state index in [4.69, 9.17) is 5.73 Å². The van der Waals surface area contributed by atoms with E-state index in [1.807, 2.05) is 0 Å². The van der Waals surface area contributed by atoms with E-state index in [1.54, 1.807) is 4.90 Å². The average molecular weight is 197 g/mol. The first-order valence-corrected chi connectivity index (χ1v) is 4.92. The summed E-state index contributed by atoms with van der Waals surface area (Å²) in [5.41, 5.74) is 4.85. The van der Waals surface area contributed by atoms with Crippen LogP contribution in [-0.2, 0) is 9.59 Å². The molecule has 0 aromatic carbocycles. The summed E-state index contributed by atoms with van der Waals surface area (Å²) in [6, 6.07) is 0. The number of carbonyl (C=O) groups is 2. The van der Waals surface area contributed by atoms with Crippen LogP contribution in [0.1, 0.15) is 12.8 Å². The van der Waals surface area contributed by atoms with Gasteiger partial charge in [0.15, 0.2) is 0 Å². The molecular formula is C9H15N3O2. The molecule has 1 spiro atoms. The molecule has 2 saturated heterocycles. The zero-order chi connectivity index (χ0) is 10.2. The van der Waals surface area contributed by atoms with Gasteiger partial charge in [-0.05, 0) is 19.4 Å². The van der Waals surface area contributed by atoms with Crippen molar-refractivity contribution in [2.75, 3.05) is 26.2 Å². The van der Waals surface area contributed by atoms with E-state index in [0.717, 1.165) is 25.9 Å². The highest BCUT2D eigenvalue weighted by atomic mass is 16.2. The standard InChI is InChI=1S/C9H15N3O2/c10-7(13)5-12-4-2-9(8(12)14)1-3-11-6-9/h11H,1-6H2,(H2,10,13)/t9-/m0/s1. The summed E-state index contributed by atoms with van der Waals surface area (Å²) < 4.78 is 0. The van der Waals surface area contributed by atoms with Crippen molar-refractivity contribution in [3.05, 3.63) is 0 Å². The van der Waals surface area contributed by atoms with Gasteiger partial charge in [-0.25, -0.2) is 0 Å². The SMILES string of the molecule is NC(=O)CN1CC[C@]2(CCNC2)C1=O. The van der Waals surface area contributed by atoms with Gasteiger partial charge in [-0.1, -0.05) is 0 Å². The number of nitrogens with two attached hydrogens (primary N) is 1. The molecule has 0 aromatic rings. The minimum Gasteiger partial charge on any atom is -0.368 e. The maximum absolute atomic E-state index is 11.9. The van der Waals surface area contributed by atoms with Crippen molar-refractivity contribution in [3.8, 4) is 0 Å². The van der Waals surface area contributed by atoms with Crippen LogP contribution in [0.25, 0.3) is 0 Å². The summed E-state index contributed by atoms with van der Waals surface area (Å²) in [6.45, 7) is 2.39. The van der Waals surface area contributed by atoms with E-state index in [0.29, 0.717) is 6.54 Å². The van der Waals surface area contributed by atoms with Crippen LogP contribution in [0, 0.1) is 5.41 Å². The van der Waals surface area contributed by atoms with Crippen LogP contribution in [0.15, 0.2) is 0 Å². The van der Waals surface area contributed by atoms with E-state index in [9.17, 15) is 9.59 Å². The predicted molar refractivity (Wildman–Crippen MR) is 50.3 cm³/mol. The zero-order valence-corrected chi connectivity index (χ0v) is 8.08. The Balaban J connectivity index is 2.06. The third-order valence-corrected chi connectivity index (χ3v) is 3.19. The molecule has 2 aliphatic heterocycles. The Kier molecular flexibility index (Phi) is 2.19. The first-order chi connectivity index (χ1) is 6.64. The van der Waals surface area contributed by atoms with Crippen molar-refractivity contribution in [1.82, 2.24) is 10.2 Å². The van der Waals surface area contributed by atoms with E-state index < -0.39 is 5.91 Å². The maximum Gasteiger partial charge on any atom is 0.237 e. The van der Waals surface area contributed by atoms with Crippen molar-refractivity contribution in [3.63, 3.8) is 0 Å². The van der Waals surface area contributed by atoms with E-state index in [-0.39, 0.29) is 17.9 Å². The molecule has 2 fully saturated rings. The van der Waals surface area contributed by atoms with Gasteiger partial charge in [0.05, 0.1) is 12.0 Å². The highest BCUT2D eigenvalue weighted by Crippen LogP contribution is 2.36. The van der Waals surface area contributed by atoms with Crippen LogP contribution in [0.3, 0.4) is 0 Å². The average Bonchev–Trinajstić information content (AvgIpc) is 2.69. The molecule has 2 rings (SSSR count). The topological polar surface area (TPSA) is 75.4 Å². The van der Waals surface area contributed by atoms with Gasteiger partial charge in [-0.15, -0.1) is 0 Å². The number of nitrogens with zero attached hydrogens (tertiary/aromatic N) is 1. The molecule has 5 heteroatoms. The lowest BCUT2D eigenvalue weighted by Crippen LogP contribution is -2.40. The maximum atomic E-state index is 11.9. The summed E-state index contributed by atoms with van der Waals surface area (Å²) >= 11 is 0. The summed E-state index contributed by atoms with van der Waals surface area (Å²) in [7, 11) is 0. The minimum atomic E-state index is -0.429. The normalized spacial score (nSPS) is 31.7. The molecule has 0 bridgehead atoms. The van der Waals surface area contributed by atoms with Crippen molar-refractivity contribution < 1.29 is 9.59 Å². The first-order valence-electron chi connectivity index (χ1n) is 4.92. The van der Waals surface area contributed by atoms with Crippen molar-refractivity contribution >= 4 is 11.8 Å². The quantitative estimate of drug-likeness (QED) is 0.576. The highest BCUT2D eigenvalue weighted by Gasteiger charge is 2.48. The van der Waals surface area contributed by atoms with Gasteiger partial charge in [0.1, 0.15) is 0 Å². The first kappa shape index (κ1) is 9.45. The van der Waals surface area contributed by atoms with Crippen LogP contribution in [0.2, 0.25) is 0 Å². The van der Waals surface area contributed by atoms with Crippen LogP contribution in [-0.4, -0.2) is 42.9 Å². The Morgan fingerprint density at radius 2 is 2.36 bits per heavy atom. The lowest BCUT2D eigenvalue weighted by molar-refractivity contribution is -0.137. The highest BCUT2D eigenvalue weighted by molar-refractivity contribution is 5.89. The number of carbonyl (C=O) groups excluding carboxylic acids is 2. The summed E-state index contributed by atoms with van der Waals surface area (Å²) in [5.74, 6) is -0.331. The lowest BCUT2D eigenvalue weighted by Gasteiger charge is -2.20. The van der Waals surface area contributed by atoms with Crippen LogP contribution in [0.4, 0.5) is 0 Å². The van der Waals surface area contributed by atoms with Gasteiger partial charge in [-0.2, -0.15) is 0 Å². The number of hydrogen-bond acceptors (Lipinski definition) is 3.